The highest BCUT2D eigenvalue weighted by Crippen LogP contribution is 2.42. The maximum atomic E-state index is 10.5. The molecule has 0 fully saturated rings. The van der Waals surface area contributed by atoms with E-state index in [2.05, 4.69) is 10.4 Å². The number of nitroso groups, excluding NO2 is 2. The lowest BCUT2D eigenvalue weighted by Gasteiger charge is -2.04. The zero-order valence-electron chi connectivity index (χ0n) is 7.91. The van der Waals surface area contributed by atoms with Crippen molar-refractivity contribution < 1.29 is 10.2 Å². The number of aromatic hydroxyl groups is 2. The number of phenols is 2. The third kappa shape index (κ3) is 1.28. The fourth-order valence-corrected chi connectivity index (χ4v) is 1.54. The van der Waals surface area contributed by atoms with Crippen LogP contribution in [0.25, 0.3) is 10.8 Å². The van der Waals surface area contributed by atoms with E-state index >= 15 is 0 Å². The van der Waals surface area contributed by atoms with E-state index in [9.17, 15) is 20.0 Å². The molecule has 0 unspecified atom stereocenters. The summed E-state index contributed by atoms with van der Waals surface area (Å²) in [6.45, 7) is 0. The lowest BCUT2D eigenvalue weighted by molar-refractivity contribution is 0.475. The molecule has 16 heavy (non-hydrogen) atoms. The van der Waals surface area contributed by atoms with E-state index in [4.69, 9.17) is 0 Å². The Bertz CT molecular complexity index is 542. The molecular weight excluding hydrogens is 212 g/mol. The minimum atomic E-state index is -0.287. The van der Waals surface area contributed by atoms with E-state index in [1.54, 1.807) is 0 Å². The molecule has 0 aliphatic rings. The van der Waals surface area contributed by atoms with Crippen molar-refractivity contribution in [2.45, 2.75) is 0 Å². The largest absolute Gasteiger partial charge is 0.506 e. The van der Waals surface area contributed by atoms with Crippen LogP contribution in [0.2, 0.25) is 0 Å². The van der Waals surface area contributed by atoms with Crippen LogP contribution in [0.5, 0.6) is 11.5 Å². The smallest absolute Gasteiger partial charge is 0.157 e. The molecule has 0 bridgehead atoms. The molecular formula is C10H6N2O4. The molecule has 0 saturated heterocycles. The van der Waals surface area contributed by atoms with Crippen LogP contribution in [0, 0.1) is 9.81 Å². The van der Waals surface area contributed by atoms with Crippen molar-refractivity contribution in [2.24, 2.45) is 10.4 Å². The van der Waals surface area contributed by atoms with E-state index in [1.165, 1.54) is 24.3 Å². The zero-order valence-corrected chi connectivity index (χ0v) is 7.91. The van der Waals surface area contributed by atoms with Crippen molar-refractivity contribution in [1.82, 2.24) is 0 Å². The van der Waals surface area contributed by atoms with Crippen molar-refractivity contribution in [3.8, 4) is 11.5 Å². The average molecular weight is 218 g/mol. The summed E-state index contributed by atoms with van der Waals surface area (Å²) in [7, 11) is 0. The number of hydrogen-bond acceptors (Lipinski definition) is 6. The highest BCUT2D eigenvalue weighted by Gasteiger charge is 2.13. The fraction of sp³-hybridized carbons (Fsp3) is 0. The van der Waals surface area contributed by atoms with Gasteiger partial charge < -0.3 is 10.2 Å². The molecule has 0 aromatic heterocycles. The molecule has 2 rings (SSSR count). The average Bonchev–Trinajstić information content (AvgIpc) is 2.29. The molecule has 0 spiro atoms. The van der Waals surface area contributed by atoms with Crippen molar-refractivity contribution in [1.29, 1.82) is 0 Å². The predicted molar refractivity (Wildman–Crippen MR) is 58.2 cm³/mol. The normalized spacial score (nSPS) is 10.2. The first-order chi connectivity index (χ1) is 7.69. The van der Waals surface area contributed by atoms with Gasteiger partial charge in [-0.15, -0.1) is 9.81 Å². The van der Waals surface area contributed by atoms with Gasteiger partial charge in [-0.2, -0.15) is 0 Å². The second-order valence-electron chi connectivity index (χ2n) is 3.14. The SMILES string of the molecule is O=Nc1c(O)ccc2c(N=O)c(O)ccc12. The number of rotatable bonds is 2. The third-order valence-corrected chi connectivity index (χ3v) is 2.28. The first kappa shape index (κ1) is 10.0. The Balaban J connectivity index is 2.97. The van der Waals surface area contributed by atoms with Crippen LogP contribution in [0.15, 0.2) is 34.6 Å². The highest BCUT2D eigenvalue weighted by molar-refractivity contribution is 6.03. The van der Waals surface area contributed by atoms with E-state index in [0.717, 1.165) is 0 Å². The van der Waals surface area contributed by atoms with Crippen LogP contribution in [-0.4, -0.2) is 10.2 Å². The first-order valence-electron chi connectivity index (χ1n) is 4.33. The molecule has 0 aliphatic carbocycles. The molecule has 0 heterocycles. The van der Waals surface area contributed by atoms with Crippen LogP contribution in [-0.2, 0) is 0 Å². The van der Waals surface area contributed by atoms with Gasteiger partial charge in [-0.05, 0) is 34.6 Å². The van der Waals surface area contributed by atoms with Crippen molar-refractivity contribution >= 4 is 22.1 Å². The summed E-state index contributed by atoms with van der Waals surface area (Å²) < 4.78 is 0. The Morgan fingerprint density at radius 1 is 0.750 bits per heavy atom. The van der Waals surface area contributed by atoms with Gasteiger partial charge >= 0.3 is 0 Å². The lowest BCUT2D eigenvalue weighted by atomic mass is 10.1. The Morgan fingerprint density at radius 3 is 1.44 bits per heavy atom. The second kappa shape index (κ2) is 3.58. The van der Waals surface area contributed by atoms with Crippen LogP contribution in [0.1, 0.15) is 0 Å². The molecule has 0 radical (unpaired) electrons. The van der Waals surface area contributed by atoms with Gasteiger partial charge in [0.2, 0.25) is 0 Å². The minimum Gasteiger partial charge on any atom is -0.506 e. The number of nitrogens with zero attached hydrogens (tertiary/aromatic N) is 2. The molecule has 2 aromatic rings. The Morgan fingerprint density at radius 2 is 1.12 bits per heavy atom. The van der Waals surface area contributed by atoms with Crippen LogP contribution < -0.4 is 0 Å². The van der Waals surface area contributed by atoms with Gasteiger partial charge in [0.1, 0.15) is 11.5 Å². The number of hydrogen-bond donors (Lipinski definition) is 2. The molecule has 0 aliphatic heterocycles. The van der Waals surface area contributed by atoms with Gasteiger partial charge in [0.05, 0.1) is 0 Å². The van der Waals surface area contributed by atoms with Gasteiger partial charge in [-0.25, -0.2) is 0 Å². The molecule has 2 aromatic carbocycles. The van der Waals surface area contributed by atoms with Gasteiger partial charge in [-0.3, -0.25) is 0 Å². The maximum absolute atomic E-state index is 10.5. The first-order valence-corrected chi connectivity index (χ1v) is 4.33. The van der Waals surface area contributed by atoms with E-state index in [-0.39, 0.29) is 33.6 Å². The standard InChI is InChI=1S/C10H6N2O4/c13-7-3-1-5-6(10(7)12-16)2-4-8(14)9(5)11-15/h1-4,13-14H. The summed E-state index contributed by atoms with van der Waals surface area (Å²) in [6, 6.07) is 5.20. The number of phenolic OH excluding ortho intramolecular Hbond substituents is 2. The quantitative estimate of drug-likeness (QED) is 0.756. The number of fused-ring (bicyclic) bond motifs is 1. The van der Waals surface area contributed by atoms with Crippen molar-refractivity contribution in [2.75, 3.05) is 0 Å². The zero-order chi connectivity index (χ0) is 11.7. The van der Waals surface area contributed by atoms with E-state index in [0.29, 0.717) is 0 Å². The van der Waals surface area contributed by atoms with Crippen LogP contribution in [0.4, 0.5) is 11.4 Å². The highest BCUT2D eigenvalue weighted by atomic mass is 16.3. The van der Waals surface area contributed by atoms with Gasteiger partial charge in [0, 0.05) is 10.8 Å². The monoisotopic (exact) mass is 218 g/mol. The Hall–Kier alpha value is -2.50. The Kier molecular flexibility index (Phi) is 2.24. The summed E-state index contributed by atoms with van der Waals surface area (Å²) in [5.74, 6) is -0.574. The molecule has 0 atom stereocenters. The fourth-order valence-electron chi connectivity index (χ4n) is 1.54. The maximum Gasteiger partial charge on any atom is 0.157 e. The lowest BCUT2D eigenvalue weighted by Crippen LogP contribution is -1.77. The molecule has 2 N–H and O–H groups in total. The summed E-state index contributed by atoms with van der Waals surface area (Å²) in [5, 5.41) is 24.6. The summed E-state index contributed by atoms with van der Waals surface area (Å²) in [6.07, 6.45) is 0. The summed E-state index contributed by atoms with van der Waals surface area (Å²) >= 11 is 0. The van der Waals surface area contributed by atoms with Crippen molar-refractivity contribution in [3.05, 3.63) is 34.1 Å². The molecule has 6 nitrogen and oxygen atoms in total. The number of benzene rings is 2. The summed E-state index contributed by atoms with van der Waals surface area (Å²) in [4.78, 5) is 21.1. The second-order valence-corrected chi connectivity index (χ2v) is 3.14. The van der Waals surface area contributed by atoms with E-state index in [1.807, 2.05) is 0 Å². The summed E-state index contributed by atoms with van der Waals surface area (Å²) in [5.41, 5.74) is -0.357. The minimum absolute atomic E-state index is 0.178. The molecule has 80 valence electrons. The van der Waals surface area contributed by atoms with Gasteiger partial charge in [0.25, 0.3) is 0 Å². The molecule has 0 amide bonds. The van der Waals surface area contributed by atoms with Crippen LogP contribution >= 0.6 is 0 Å². The topological polar surface area (TPSA) is 99.3 Å². The van der Waals surface area contributed by atoms with Gasteiger partial charge in [-0.1, -0.05) is 0 Å². The van der Waals surface area contributed by atoms with E-state index < -0.39 is 0 Å². The molecule has 6 heteroatoms. The van der Waals surface area contributed by atoms with Crippen LogP contribution in [0.3, 0.4) is 0 Å². The Labute approximate surface area is 89.1 Å². The third-order valence-electron chi connectivity index (χ3n) is 2.28. The van der Waals surface area contributed by atoms with Crippen molar-refractivity contribution in [3.63, 3.8) is 0 Å². The van der Waals surface area contributed by atoms with Gasteiger partial charge in [0.15, 0.2) is 11.4 Å². The molecule has 0 saturated carbocycles. The predicted octanol–water partition coefficient (Wildman–Crippen LogP) is 3.05.